The fourth-order valence-corrected chi connectivity index (χ4v) is 8.04. The topological polar surface area (TPSA) is 146 Å². The standard InChI is InChI=1S/C45H42F2N8O5/c1-28-4-12-40(42(56)51-28)55-43(57)35-11-8-32(22-36(35)44(55)58)59-26-45(46,47)27-60-33-9-13-41(50-24-33)54-19-17-53(18-20-54)16-2-3-31-7-5-30(23-49-31)29-6-10-34-37-25-48-15-14-38(37)52-39(34)21-29/h5-11,13-15,21-25,40,52H,1-4,12,16-20,26-27H2,(H,51,56). The molecule has 13 nitrogen and oxygen atoms in total. The van der Waals surface area contributed by atoms with E-state index in [1.807, 2.05) is 18.5 Å². The summed E-state index contributed by atoms with van der Waals surface area (Å²) in [4.78, 5) is 61.0. The van der Waals surface area contributed by atoms with Gasteiger partial charge in [0.2, 0.25) is 5.91 Å². The molecule has 0 spiro atoms. The van der Waals surface area contributed by atoms with Gasteiger partial charge in [-0.1, -0.05) is 24.8 Å². The van der Waals surface area contributed by atoms with Crippen LogP contribution in [0.2, 0.25) is 0 Å². The second-order valence-electron chi connectivity index (χ2n) is 15.4. The molecule has 60 heavy (non-hydrogen) atoms. The molecule has 6 aromatic rings. The van der Waals surface area contributed by atoms with E-state index in [1.54, 1.807) is 18.3 Å². The fourth-order valence-electron chi connectivity index (χ4n) is 8.04. The predicted molar refractivity (Wildman–Crippen MR) is 221 cm³/mol. The van der Waals surface area contributed by atoms with Crippen molar-refractivity contribution in [2.75, 3.05) is 50.8 Å². The Hall–Kier alpha value is -6.74. The number of piperazine rings is 1. The highest BCUT2D eigenvalue weighted by Crippen LogP contribution is 2.32. The molecule has 2 fully saturated rings. The summed E-state index contributed by atoms with van der Waals surface area (Å²) in [7, 11) is 0. The van der Waals surface area contributed by atoms with Gasteiger partial charge < -0.3 is 24.7 Å². The van der Waals surface area contributed by atoms with Crippen molar-refractivity contribution < 1.29 is 32.6 Å². The third kappa shape index (κ3) is 8.00. The molecule has 15 heteroatoms. The van der Waals surface area contributed by atoms with Gasteiger partial charge in [0.15, 0.2) is 13.2 Å². The molecule has 3 aliphatic rings. The number of nitrogens with zero attached hydrogens (tertiary/aromatic N) is 6. The Morgan fingerprint density at radius 3 is 2.33 bits per heavy atom. The van der Waals surface area contributed by atoms with Crippen molar-refractivity contribution in [3.05, 3.63) is 121 Å². The van der Waals surface area contributed by atoms with Crippen LogP contribution in [0.5, 0.6) is 11.5 Å². The van der Waals surface area contributed by atoms with Gasteiger partial charge in [-0.25, -0.2) is 4.98 Å². The maximum atomic E-state index is 14.9. The summed E-state index contributed by atoms with van der Waals surface area (Å²) >= 11 is 0. The first kappa shape index (κ1) is 38.8. The molecule has 2 N–H and O–H groups in total. The molecule has 2 saturated heterocycles. The van der Waals surface area contributed by atoms with Crippen LogP contribution in [-0.4, -0.2) is 105 Å². The molecule has 1 atom stereocenters. The number of carbonyl (C=O) groups excluding carboxylic acids is 3. The number of piperidine rings is 1. The van der Waals surface area contributed by atoms with Gasteiger partial charge in [0.1, 0.15) is 23.4 Å². The van der Waals surface area contributed by atoms with Crippen LogP contribution in [0.25, 0.3) is 32.9 Å². The molecule has 3 aliphatic heterocycles. The number of fused-ring (bicyclic) bond motifs is 4. The average Bonchev–Trinajstić information content (AvgIpc) is 3.75. The number of halogens is 2. The number of hydrogen-bond acceptors (Lipinski definition) is 10. The van der Waals surface area contributed by atoms with Crippen molar-refractivity contribution in [3.63, 3.8) is 0 Å². The third-order valence-corrected chi connectivity index (χ3v) is 11.3. The number of hydrogen-bond donors (Lipinski definition) is 2. The van der Waals surface area contributed by atoms with Crippen LogP contribution >= 0.6 is 0 Å². The third-order valence-electron chi connectivity index (χ3n) is 11.3. The smallest absolute Gasteiger partial charge is 0.314 e. The average molecular weight is 813 g/mol. The van der Waals surface area contributed by atoms with Crippen LogP contribution in [0, 0.1) is 0 Å². The summed E-state index contributed by atoms with van der Waals surface area (Å²) in [5.41, 5.74) is 6.00. The fraction of sp³-hybridized carbons (Fsp3) is 0.289. The lowest BCUT2D eigenvalue weighted by atomic mass is 10.0. The Morgan fingerprint density at radius 1 is 0.783 bits per heavy atom. The van der Waals surface area contributed by atoms with Crippen LogP contribution in [0.3, 0.4) is 0 Å². The Balaban J connectivity index is 0.698. The Kier molecular flexibility index (Phi) is 10.4. The van der Waals surface area contributed by atoms with Gasteiger partial charge in [-0.15, -0.1) is 0 Å². The number of allylic oxidation sites excluding steroid dienone is 1. The first-order chi connectivity index (χ1) is 29.1. The zero-order valence-electron chi connectivity index (χ0n) is 32.7. The summed E-state index contributed by atoms with van der Waals surface area (Å²) in [5.74, 6) is -4.23. The quantitative estimate of drug-likeness (QED) is 0.126. The summed E-state index contributed by atoms with van der Waals surface area (Å²) in [6, 6.07) is 19.0. The highest BCUT2D eigenvalue weighted by atomic mass is 19.3. The molecular formula is C45H42F2N8O5. The van der Waals surface area contributed by atoms with Crippen LogP contribution in [0.4, 0.5) is 14.6 Å². The van der Waals surface area contributed by atoms with Gasteiger partial charge in [-0.3, -0.25) is 34.2 Å². The van der Waals surface area contributed by atoms with Gasteiger partial charge in [0, 0.05) is 83.5 Å². The van der Waals surface area contributed by atoms with Gasteiger partial charge >= 0.3 is 5.92 Å². The molecule has 1 unspecified atom stereocenters. The number of benzene rings is 2. The van der Waals surface area contributed by atoms with Crippen molar-refractivity contribution in [2.24, 2.45) is 0 Å². The van der Waals surface area contributed by atoms with Gasteiger partial charge in [-0.2, -0.15) is 8.78 Å². The van der Waals surface area contributed by atoms with Crippen molar-refractivity contribution in [1.82, 2.24) is 35.1 Å². The van der Waals surface area contributed by atoms with E-state index in [0.29, 0.717) is 12.1 Å². The molecular weight excluding hydrogens is 771 g/mol. The number of aromatic amines is 1. The van der Waals surface area contributed by atoms with E-state index >= 15 is 0 Å². The Morgan fingerprint density at radius 2 is 1.57 bits per heavy atom. The molecule has 0 saturated carbocycles. The second kappa shape index (κ2) is 16.1. The molecule has 2 aromatic carbocycles. The van der Waals surface area contributed by atoms with Crippen LogP contribution < -0.4 is 19.7 Å². The lowest BCUT2D eigenvalue weighted by molar-refractivity contribution is -0.125. The predicted octanol–water partition coefficient (Wildman–Crippen LogP) is 6.41. The minimum atomic E-state index is -3.38. The van der Waals surface area contributed by atoms with Crippen LogP contribution in [-0.2, 0) is 11.2 Å². The van der Waals surface area contributed by atoms with Crippen molar-refractivity contribution in [1.29, 1.82) is 0 Å². The molecule has 4 aromatic heterocycles. The summed E-state index contributed by atoms with van der Waals surface area (Å²) in [6.07, 6.45) is 9.63. The van der Waals surface area contributed by atoms with E-state index in [9.17, 15) is 23.2 Å². The van der Waals surface area contributed by atoms with E-state index in [1.165, 1.54) is 24.4 Å². The number of anilines is 1. The Bertz CT molecular complexity index is 2610. The molecule has 0 radical (unpaired) electrons. The SMILES string of the molecule is C=C1CCC(N2C(=O)c3ccc(OCC(F)(F)COc4ccc(N5CCN(CCCc6ccc(-c7ccc8c(c7)[nH]c7ccncc78)cn6)CC5)nc4)cc3C2=O)C(=O)N1. The number of aryl methyl sites for hydroxylation is 1. The number of ether oxygens (including phenoxy) is 2. The van der Waals surface area contributed by atoms with E-state index in [-0.39, 0.29) is 29.0 Å². The number of alkyl halides is 2. The molecule has 0 bridgehead atoms. The van der Waals surface area contributed by atoms with Crippen molar-refractivity contribution >= 4 is 45.3 Å². The molecule has 306 valence electrons. The zero-order valence-corrected chi connectivity index (χ0v) is 32.7. The molecule has 3 amide bonds. The zero-order chi connectivity index (χ0) is 41.4. The molecule has 9 rings (SSSR count). The number of carbonyl (C=O) groups is 3. The van der Waals surface area contributed by atoms with E-state index < -0.39 is 42.9 Å². The molecule has 7 heterocycles. The highest BCUT2D eigenvalue weighted by molar-refractivity contribution is 6.23. The van der Waals surface area contributed by atoms with Crippen molar-refractivity contribution in [2.45, 2.75) is 37.6 Å². The lowest BCUT2D eigenvalue weighted by Crippen LogP contribution is -2.51. The minimum absolute atomic E-state index is 0.00707. The first-order valence-electron chi connectivity index (χ1n) is 20.0. The number of rotatable bonds is 13. The minimum Gasteiger partial charge on any atom is -0.487 e. The van der Waals surface area contributed by atoms with Crippen LogP contribution in [0.1, 0.15) is 45.7 Å². The largest absolute Gasteiger partial charge is 0.487 e. The van der Waals surface area contributed by atoms with Crippen LogP contribution in [0.15, 0.2) is 104 Å². The van der Waals surface area contributed by atoms with E-state index in [0.717, 1.165) is 94.9 Å². The van der Waals surface area contributed by atoms with E-state index in [4.69, 9.17) is 14.5 Å². The lowest BCUT2D eigenvalue weighted by Gasteiger charge is -2.35. The summed E-state index contributed by atoms with van der Waals surface area (Å²) in [5, 5.41) is 4.85. The second-order valence-corrected chi connectivity index (χ2v) is 15.4. The maximum Gasteiger partial charge on any atom is 0.314 e. The number of H-pyrrole nitrogens is 1. The number of aromatic nitrogens is 4. The number of pyridine rings is 3. The Labute approximate surface area is 344 Å². The highest BCUT2D eigenvalue weighted by Gasteiger charge is 2.44. The van der Waals surface area contributed by atoms with Gasteiger partial charge in [-0.05, 0) is 86.3 Å². The monoisotopic (exact) mass is 812 g/mol. The van der Waals surface area contributed by atoms with Gasteiger partial charge in [0.25, 0.3) is 11.8 Å². The molecule has 0 aliphatic carbocycles. The summed E-state index contributed by atoms with van der Waals surface area (Å²) < 4.78 is 40.4. The number of imide groups is 1. The number of amides is 3. The maximum absolute atomic E-state index is 14.9. The van der Waals surface area contributed by atoms with E-state index in [2.05, 4.69) is 67.0 Å². The van der Waals surface area contributed by atoms with Gasteiger partial charge in [0.05, 0.1) is 17.3 Å². The number of nitrogens with one attached hydrogen (secondary N) is 2. The normalized spacial score (nSPS) is 17.4. The first-order valence-corrected chi connectivity index (χ1v) is 20.0. The summed E-state index contributed by atoms with van der Waals surface area (Å²) in [6.45, 7) is 6.05. The van der Waals surface area contributed by atoms with Crippen molar-refractivity contribution in [3.8, 4) is 22.6 Å².